The van der Waals surface area contributed by atoms with Gasteiger partial charge in [0.1, 0.15) is 0 Å². The van der Waals surface area contributed by atoms with Crippen LogP contribution in [0.15, 0.2) is 164 Å². The molecular weight excluding hydrogens is 551 g/mol. The molecule has 206 valence electrons. The molecule has 0 spiro atoms. The number of hydrogen-bond donors (Lipinski definition) is 0. The minimum Gasteiger partial charge on any atom is -0.309 e. The highest BCUT2D eigenvalue weighted by atomic mass is 32.1. The second-order valence-corrected chi connectivity index (χ2v) is 12.5. The molecule has 9 aromatic rings. The van der Waals surface area contributed by atoms with Crippen LogP contribution in [0, 0.1) is 0 Å². The maximum absolute atomic E-state index is 2.39. The summed E-state index contributed by atoms with van der Waals surface area (Å²) in [7, 11) is 0. The van der Waals surface area contributed by atoms with Crippen molar-refractivity contribution in [2.45, 2.75) is 0 Å². The molecule has 0 aliphatic rings. The van der Waals surface area contributed by atoms with Crippen molar-refractivity contribution in [1.82, 2.24) is 4.57 Å². The van der Waals surface area contributed by atoms with E-state index in [2.05, 4.69) is 168 Å². The van der Waals surface area contributed by atoms with Crippen LogP contribution in [0.2, 0.25) is 0 Å². The van der Waals surface area contributed by atoms with E-state index in [0.717, 1.165) is 0 Å². The monoisotopic (exact) mass is 577 g/mol. The summed E-state index contributed by atoms with van der Waals surface area (Å²) < 4.78 is 5.07. The molecule has 0 aliphatic carbocycles. The van der Waals surface area contributed by atoms with Crippen LogP contribution >= 0.6 is 11.3 Å². The molecule has 44 heavy (non-hydrogen) atoms. The van der Waals surface area contributed by atoms with Gasteiger partial charge in [0, 0.05) is 36.6 Å². The zero-order valence-electron chi connectivity index (χ0n) is 23.9. The Morgan fingerprint density at radius 1 is 0.318 bits per heavy atom. The van der Waals surface area contributed by atoms with E-state index in [1.165, 1.54) is 81.0 Å². The third kappa shape index (κ3) is 4.07. The van der Waals surface area contributed by atoms with E-state index in [0.29, 0.717) is 0 Å². The SMILES string of the molecule is c1ccc(-c2ccc3c(c2)c2ccccc2n3-c2ccc(-c3ccc(-c4ccc5sc6ccccc6c5c4)cc3)cc2)cc1. The number of thiophene rings is 1. The Morgan fingerprint density at radius 3 is 1.59 bits per heavy atom. The van der Waals surface area contributed by atoms with Crippen molar-refractivity contribution in [1.29, 1.82) is 0 Å². The van der Waals surface area contributed by atoms with Gasteiger partial charge >= 0.3 is 0 Å². The number of para-hydroxylation sites is 1. The zero-order chi connectivity index (χ0) is 29.0. The predicted octanol–water partition coefficient (Wildman–Crippen LogP) is 12.2. The average molecular weight is 578 g/mol. The lowest BCUT2D eigenvalue weighted by molar-refractivity contribution is 1.18. The lowest BCUT2D eigenvalue weighted by Crippen LogP contribution is -1.93. The third-order valence-corrected chi connectivity index (χ3v) is 9.99. The van der Waals surface area contributed by atoms with E-state index in [9.17, 15) is 0 Å². The van der Waals surface area contributed by atoms with Crippen molar-refractivity contribution in [2.75, 3.05) is 0 Å². The summed E-state index contributed by atoms with van der Waals surface area (Å²) in [4.78, 5) is 0. The Labute approximate surface area is 259 Å². The smallest absolute Gasteiger partial charge is 0.0541 e. The molecule has 0 unspecified atom stereocenters. The lowest BCUT2D eigenvalue weighted by atomic mass is 9.99. The van der Waals surface area contributed by atoms with Gasteiger partial charge in [-0.15, -0.1) is 11.3 Å². The predicted molar refractivity (Wildman–Crippen MR) is 190 cm³/mol. The van der Waals surface area contributed by atoms with E-state index in [-0.39, 0.29) is 0 Å². The zero-order valence-corrected chi connectivity index (χ0v) is 24.8. The van der Waals surface area contributed by atoms with Crippen molar-refractivity contribution >= 4 is 53.3 Å². The molecule has 0 fully saturated rings. The summed E-state index contributed by atoms with van der Waals surface area (Å²) in [6.45, 7) is 0. The lowest BCUT2D eigenvalue weighted by Gasteiger charge is -2.10. The number of hydrogen-bond acceptors (Lipinski definition) is 1. The number of nitrogens with zero attached hydrogens (tertiary/aromatic N) is 1. The van der Waals surface area contributed by atoms with Crippen molar-refractivity contribution in [3.63, 3.8) is 0 Å². The molecule has 0 bridgehead atoms. The Kier molecular flexibility index (Phi) is 5.75. The topological polar surface area (TPSA) is 4.93 Å². The summed E-state index contributed by atoms with van der Waals surface area (Å²) in [5.41, 5.74) is 11.0. The van der Waals surface area contributed by atoms with Gasteiger partial charge in [-0.25, -0.2) is 0 Å². The van der Waals surface area contributed by atoms with Crippen LogP contribution in [-0.4, -0.2) is 4.57 Å². The second-order valence-electron chi connectivity index (χ2n) is 11.4. The van der Waals surface area contributed by atoms with Crippen LogP contribution in [0.4, 0.5) is 0 Å². The van der Waals surface area contributed by atoms with Crippen molar-refractivity contribution in [2.24, 2.45) is 0 Å². The van der Waals surface area contributed by atoms with Gasteiger partial charge in [-0.3, -0.25) is 0 Å². The molecule has 1 nitrogen and oxygen atoms in total. The standard InChI is InChI=1S/C42H27NS/c1-2-8-28(9-3-1)32-20-24-40-37(26-32)35-10-4-6-12-39(35)43(40)34-22-18-30(19-23-34)29-14-16-31(17-15-29)33-21-25-42-38(27-33)36-11-5-7-13-41(36)44-42/h1-27H. The number of fused-ring (bicyclic) bond motifs is 6. The highest BCUT2D eigenvalue weighted by Gasteiger charge is 2.13. The maximum atomic E-state index is 2.39. The van der Waals surface area contributed by atoms with Crippen LogP contribution in [-0.2, 0) is 0 Å². The van der Waals surface area contributed by atoms with Gasteiger partial charge in [-0.05, 0) is 81.9 Å². The number of benzene rings is 7. The van der Waals surface area contributed by atoms with E-state index in [4.69, 9.17) is 0 Å². The molecule has 2 heteroatoms. The molecule has 0 saturated carbocycles. The molecule has 2 aromatic heterocycles. The minimum absolute atomic E-state index is 1.17. The summed E-state index contributed by atoms with van der Waals surface area (Å²) in [6.07, 6.45) is 0. The molecule has 0 amide bonds. The van der Waals surface area contributed by atoms with Gasteiger partial charge in [0.25, 0.3) is 0 Å². The first-order valence-corrected chi connectivity index (χ1v) is 15.8. The normalized spacial score (nSPS) is 11.6. The van der Waals surface area contributed by atoms with Crippen molar-refractivity contribution < 1.29 is 0 Å². The minimum atomic E-state index is 1.17. The second kappa shape index (κ2) is 10.1. The summed E-state index contributed by atoms with van der Waals surface area (Å²) in [5.74, 6) is 0. The first-order valence-electron chi connectivity index (χ1n) is 15.0. The van der Waals surface area contributed by atoms with Crippen molar-refractivity contribution in [3.05, 3.63) is 164 Å². The van der Waals surface area contributed by atoms with Crippen molar-refractivity contribution in [3.8, 4) is 39.1 Å². The first kappa shape index (κ1) is 25.1. The van der Waals surface area contributed by atoms with E-state index < -0.39 is 0 Å². The fourth-order valence-electron chi connectivity index (χ4n) is 6.62. The Morgan fingerprint density at radius 2 is 0.818 bits per heavy atom. The van der Waals surface area contributed by atoms with Gasteiger partial charge in [0.15, 0.2) is 0 Å². The Hall–Kier alpha value is -5.44. The molecular formula is C42H27NS. The fourth-order valence-corrected chi connectivity index (χ4v) is 7.71. The Bertz CT molecular complexity index is 2460. The molecule has 2 heterocycles. The molecule has 7 aromatic carbocycles. The average Bonchev–Trinajstić information content (AvgIpc) is 3.64. The van der Waals surface area contributed by atoms with Crippen LogP contribution in [0.5, 0.6) is 0 Å². The van der Waals surface area contributed by atoms with Crippen LogP contribution < -0.4 is 0 Å². The van der Waals surface area contributed by atoms with Gasteiger partial charge in [0.05, 0.1) is 11.0 Å². The van der Waals surface area contributed by atoms with Gasteiger partial charge < -0.3 is 4.57 Å². The Balaban J connectivity index is 1.06. The quantitative estimate of drug-likeness (QED) is 0.196. The first-order chi connectivity index (χ1) is 21.8. The van der Waals surface area contributed by atoms with Gasteiger partial charge in [-0.1, -0.05) is 115 Å². The number of aromatic nitrogens is 1. The number of rotatable bonds is 4. The third-order valence-electron chi connectivity index (χ3n) is 8.83. The van der Waals surface area contributed by atoms with Crippen LogP contribution in [0.1, 0.15) is 0 Å². The molecule has 0 radical (unpaired) electrons. The van der Waals surface area contributed by atoms with E-state index >= 15 is 0 Å². The van der Waals surface area contributed by atoms with Gasteiger partial charge in [0.2, 0.25) is 0 Å². The maximum Gasteiger partial charge on any atom is 0.0541 e. The van der Waals surface area contributed by atoms with Crippen LogP contribution in [0.3, 0.4) is 0 Å². The van der Waals surface area contributed by atoms with Crippen LogP contribution in [0.25, 0.3) is 81.0 Å². The molecule has 0 aliphatic heterocycles. The molecule has 9 rings (SSSR count). The molecule has 0 N–H and O–H groups in total. The highest BCUT2D eigenvalue weighted by molar-refractivity contribution is 7.25. The largest absolute Gasteiger partial charge is 0.309 e. The molecule has 0 saturated heterocycles. The van der Waals surface area contributed by atoms with E-state index in [1.807, 2.05) is 11.3 Å². The fraction of sp³-hybridized carbons (Fsp3) is 0. The molecule has 0 atom stereocenters. The summed E-state index contributed by atoms with van der Waals surface area (Å²) in [5, 5.41) is 5.22. The van der Waals surface area contributed by atoms with Gasteiger partial charge in [-0.2, -0.15) is 0 Å². The van der Waals surface area contributed by atoms with E-state index in [1.54, 1.807) is 0 Å². The summed E-state index contributed by atoms with van der Waals surface area (Å²) in [6, 6.07) is 59.7. The highest BCUT2D eigenvalue weighted by Crippen LogP contribution is 2.38. The summed E-state index contributed by atoms with van der Waals surface area (Å²) >= 11 is 1.86.